The third-order valence-electron chi connectivity index (χ3n) is 26.1. The molecule has 0 aliphatic rings. The first kappa shape index (κ1) is 91.8. The van der Waals surface area contributed by atoms with Crippen molar-refractivity contribution in [2.24, 2.45) is 0 Å². The van der Waals surface area contributed by atoms with Gasteiger partial charge in [-0.2, -0.15) is 0 Å². The molecule has 0 saturated carbocycles. The van der Waals surface area contributed by atoms with E-state index in [9.17, 15) is 0 Å². The van der Waals surface area contributed by atoms with E-state index in [1.54, 1.807) is 11.1 Å². The van der Waals surface area contributed by atoms with E-state index in [0.29, 0.717) is 35.5 Å². The van der Waals surface area contributed by atoms with Crippen molar-refractivity contribution in [2.45, 2.75) is 433 Å². The number of rotatable bonds is 6. The van der Waals surface area contributed by atoms with Crippen LogP contribution in [0.25, 0.3) is 97.0 Å². The number of hydrogen-bond donors (Lipinski definition) is 0. The van der Waals surface area contributed by atoms with E-state index in [4.69, 9.17) is 0 Å². The van der Waals surface area contributed by atoms with Crippen LogP contribution in [0.2, 0.25) is 0 Å². The van der Waals surface area contributed by atoms with E-state index >= 15 is 0 Å². The lowest BCUT2D eigenvalue weighted by atomic mass is 9.65. The fourth-order valence-corrected chi connectivity index (χ4v) is 20.4. The largest absolute Gasteiger partial charge is 0.0587 e. The molecular formula is C116H164. The van der Waals surface area contributed by atoms with Crippen LogP contribution in [-0.2, 0) is 65.0 Å². The fraction of sp³-hybridized carbons (Fsp3) is 0.569. The molecule has 0 unspecified atom stereocenters. The van der Waals surface area contributed by atoms with Gasteiger partial charge in [0.25, 0.3) is 0 Å². The number of fused-ring (bicyclic) bond motifs is 5. The van der Waals surface area contributed by atoms with E-state index in [2.05, 4.69) is 417 Å². The van der Waals surface area contributed by atoms with E-state index < -0.39 is 0 Å². The van der Waals surface area contributed by atoms with E-state index in [-0.39, 0.29) is 65.0 Å². The maximum absolute atomic E-state index is 2.60. The monoisotopic (exact) mass is 1560 g/mol. The molecule has 0 heteroatoms. The minimum atomic E-state index is 0.0283. The fourth-order valence-electron chi connectivity index (χ4n) is 20.4. The average molecular weight is 1560 g/mol. The first-order chi connectivity index (χ1) is 52.2. The lowest BCUT2D eigenvalue weighted by Crippen LogP contribution is -2.26. The molecule has 628 valence electrons. The van der Waals surface area contributed by atoms with E-state index in [1.165, 1.54) is 186 Å². The highest BCUT2D eigenvalue weighted by Crippen LogP contribution is 2.58. The summed E-state index contributed by atoms with van der Waals surface area (Å²) in [5.74, 6) is 2.67. The maximum Gasteiger partial charge on any atom is -0.00147 e. The summed E-state index contributed by atoms with van der Waals surface area (Å²) in [6.07, 6.45) is 0. The third-order valence-corrected chi connectivity index (χ3v) is 26.1. The molecule has 0 aromatic heterocycles. The molecule has 12 aromatic carbocycles. The second-order valence-electron chi connectivity index (χ2n) is 50.7. The average Bonchev–Trinajstić information content (AvgIpc) is 0.687. The van der Waals surface area contributed by atoms with Gasteiger partial charge in [-0.1, -0.05) is 417 Å². The third kappa shape index (κ3) is 16.3. The SMILES string of the molecule is CC(C)c1cc(C(C)(C)C)c2c(C(C)(C)C)c(C(C)C)cc(C(C)(C)C)c2c1C(C)(C)C.CC(C)c1cc(C(C)(C)C)c2c(C(C)(C)C)cc(C(C)C)c3c4ccc(C(C)(C)C)c5c(C(C)(C)C)ccc(c1c23)c54.CC(C)c1cc(C(C)(C)C)c2c(C(C)(C)C)ccc3c4c(C(C)C)cc(C(C)(C)C)c5c(C(C)(C)C)ccc(c1c23)c54. The number of hydrogen-bond acceptors (Lipinski definition) is 0. The van der Waals surface area contributed by atoms with Crippen molar-refractivity contribution >= 4 is 97.0 Å². The Morgan fingerprint density at radius 1 is 0.138 bits per heavy atom. The van der Waals surface area contributed by atoms with Gasteiger partial charge in [-0.15, -0.1) is 0 Å². The second-order valence-corrected chi connectivity index (χ2v) is 50.7. The van der Waals surface area contributed by atoms with Gasteiger partial charge >= 0.3 is 0 Å². The van der Waals surface area contributed by atoms with Crippen molar-refractivity contribution in [1.82, 2.24) is 0 Å². The van der Waals surface area contributed by atoms with Crippen LogP contribution in [0.5, 0.6) is 0 Å². The predicted molar refractivity (Wildman–Crippen MR) is 528 cm³/mol. The van der Waals surface area contributed by atoms with Crippen molar-refractivity contribution < 1.29 is 0 Å². The zero-order valence-corrected chi connectivity index (χ0v) is 83.5. The summed E-state index contributed by atoms with van der Waals surface area (Å²) < 4.78 is 0. The molecule has 12 rings (SSSR count). The summed E-state index contributed by atoms with van der Waals surface area (Å²) in [6, 6.07) is 35.4. The van der Waals surface area contributed by atoms with Gasteiger partial charge < -0.3 is 0 Å². The summed E-state index contributed by atoms with van der Waals surface area (Å²) in [5, 5.41) is 26.6. The van der Waals surface area contributed by atoms with Gasteiger partial charge in [0.15, 0.2) is 0 Å². The highest BCUT2D eigenvalue weighted by Gasteiger charge is 2.40. The van der Waals surface area contributed by atoms with Crippen LogP contribution in [0.4, 0.5) is 0 Å². The van der Waals surface area contributed by atoms with Crippen molar-refractivity contribution in [3.8, 4) is 0 Å². The van der Waals surface area contributed by atoms with Crippen molar-refractivity contribution in [3.63, 3.8) is 0 Å². The summed E-state index contributed by atoms with van der Waals surface area (Å²) >= 11 is 0. The smallest absolute Gasteiger partial charge is 0.00147 e. The first-order valence-corrected chi connectivity index (χ1v) is 45.5. The van der Waals surface area contributed by atoms with Crippen LogP contribution in [-0.4, -0.2) is 0 Å². The Balaban J connectivity index is 0.000000186. The zero-order valence-electron chi connectivity index (χ0n) is 83.5. The molecular weight excluding hydrogens is 1390 g/mol. The molecule has 0 spiro atoms. The van der Waals surface area contributed by atoms with Crippen molar-refractivity contribution in [1.29, 1.82) is 0 Å². The second kappa shape index (κ2) is 29.7. The van der Waals surface area contributed by atoms with Crippen LogP contribution < -0.4 is 0 Å². The molecule has 0 fully saturated rings. The Bertz CT molecular complexity index is 5400. The molecule has 0 bridgehead atoms. The van der Waals surface area contributed by atoms with Gasteiger partial charge in [0.2, 0.25) is 0 Å². The molecule has 0 aliphatic heterocycles. The summed E-state index contributed by atoms with van der Waals surface area (Å²) in [6.45, 7) is 115. The Morgan fingerprint density at radius 2 is 0.293 bits per heavy atom. The summed E-state index contributed by atoms with van der Waals surface area (Å²) in [4.78, 5) is 0. The van der Waals surface area contributed by atoms with Crippen LogP contribution in [0, 0.1) is 0 Å². The number of benzene rings is 12. The van der Waals surface area contributed by atoms with Gasteiger partial charge in [0.05, 0.1) is 0 Å². The molecule has 0 saturated heterocycles. The van der Waals surface area contributed by atoms with Crippen molar-refractivity contribution in [3.05, 3.63) is 185 Å². The van der Waals surface area contributed by atoms with Gasteiger partial charge in [-0.3, -0.25) is 0 Å². The predicted octanol–water partition coefficient (Wildman–Crippen LogP) is 36.6. The van der Waals surface area contributed by atoms with Gasteiger partial charge in [-0.05, 0) is 298 Å². The Hall–Kier alpha value is -6.50. The van der Waals surface area contributed by atoms with E-state index in [0.717, 1.165) is 0 Å². The highest BCUT2D eigenvalue weighted by atomic mass is 14.4. The summed E-state index contributed by atoms with van der Waals surface area (Å²) in [7, 11) is 0. The molecule has 0 aliphatic carbocycles. The van der Waals surface area contributed by atoms with Crippen LogP contribution in [0.15, 0.2) is 84.9 Å². The molecule has 0 nitrogen and oxygen atoms in total. The van der Waals surface area contributed by atoms with Gasteiger partial charge in [0.1, 0.15) is 0 Å². The molecule has 0 radical (unpaired) electrons. The lowest BCUT2D eigenvalue weighted by Gasteiger charge is -2.39. The Kier molecular flexibility index (Phi) is 23.5. The zero-order chi connectivity index (χ0) is 88.1. The lowest BCUT2D eigenvalue weighted by molar-refractivity contribution is 0.554. The molecule has 116 heavy (non-hydrogen) atoms. The minimum absolute atomic E-state index is 0.0283. The van der Waals surface area contributed by atoms with Crippen LogP contribution in [0.1, 0.15) is 468 Å². The normalized spacial score (nSPS) is 14.2. The molecule has 0 amide bonds. The first-order valence-electron chi connectivity index (χ1n) is 45.5. The van der Waals surface area contributed by atoms with Crippen LogP contribution >= 0.6 is 0 Å². The minimum Gasteiger partial charge on any atom is -0.0587 e. The van der Waals surface area contributed by atoms with Gasteiger partial charge in [0, 0.05) is 0 Å². The Morgan fingerprint density at radius 3 is 0.474 bits per heavy atom. The molecule has 0 atom stereocenters. The summed E-state index contributed by atoms with van der Waals surface area (Å²) in [5.41, 5.74) is 27.5. The van der Waals surface area contributed by atoms with Crippen LogP contribution in [0.3, 0.4) is 0 Å². The highest BCUT2D eigenvalue weighted by molar-refractivity contribution is 6.37. The standard InChI is InChI=1S/2C42H56.C32H52/c1-23(2)27-21-31(41(11,12)13)37-29(39(5,6)7)20-18-26-34-28(24(3)4)22-32(42(14,15)16)38-30(40(8,9)10)19-17-25(36(34)38)33(27)35(26)37;1-23(2)27-21-31(41(11,12)13)37-32(42(14,15)16)22-28(24(3)4)35-26-18-20-30(40(8,9)10)36-29(39(5,6)7)19-17-25(33(26)36)34(27)38(35)37;1-19(2)21-17-23(29(5,6)7)26-25(27(21)31(11,12)13)24(30(8,9)10)18-22(20(3)4)28(26)32(14,15)16/h2*17-24H,1-16H3;17-20H,1-16H3. The Labute approximate surface area is 710 Å². The van der Waals surface area contributed by atoms with Gasteiger partial charge in [-0.25, -0.2) is 0 Å². The molecule has 0 N–H and O–H groups in total. The maximum atomic E-state index is 2.60. The molecule has 0 heterocycles. The molecule has 12 aromatic rings. The topological polar surface area (TPSA) is 0 Å². The van der Waals surface area contributed by atoms with Crippen molar-refractivity contribution in [2.75, 3.05) is 0 Å². The van der Waals surface area contributed by atoms with E-state index in [1.807, 2.05) is 0 Å². The quantitative estimate of drug-likeness (QED) is 0.115.